The van der Waals surface area contributed by atoms with Gasteiger partial charge in [0, 0.05) is 38.6 Å². The summed E-state index contributed by atoms with van der Waals surface area (Å²) in [5, 5.41) is 3.97. The average molecular weight is 326 g/mol. The lowest BCUT2D eigenvalue weighted by Gasteiger charge is -2.22. The molecule has 22 heavy (non-hydrogen) atoms. The Morgan fingerprint density at radius 2 is 2.05 bits per heavy atom. The van der Waals surface area contributed by atoms with Crippen LogP contribution in [0.1, 0.15) is 25.3 Å². The molecule has 0 aliphatic carbocycles. The number of hydrogen-bond donors (Lipinski definition) is 1. The lowest BCUT2D eigenvalue weighted by molar-refractivity contribution is -0.143. The molecule has 0 aliphatic heterocycles. The van der Waals surface area contributed by atoms with Crippen LogP contribution in [0.4, 0.5) is 0 Å². The number of aliphatic imine (C=N–C) groups is 1. The predicted molar refractivity (Wildman–Crippen MR) is 90.1 cm³/mol. The number of nitrogens with zero attached hydrogens (tertiary/aromatic N) is 2. The molecule has 1 rings (SSSR count). The van der Waals surface area contributed by atoms with Gasteiger partial charge in [0.25, 0.3) is 0 Å². The number of guanidine groups is 1. The zero-order valence-corrected chi connectivity index (χ0v) is 14.2. The van der Waals surface area contributed by atoms with Crippen LogP contribution >= 0.6 is 11.6 Å². The fourth-order valence-electron chi connectivity index (χ4n) is 1.99. The average Bonchev–Trinajstić information content (AvgIpc) is 2.50. The van der Waals surface area contributed by atoms with Crippen molar-refractivity contribution in [3.63, 3.8) is 0 Å². The highest BCUT2D eigenvalue weighted by Gasteiger charge is 2.07. The first-order valence-electron chi connectivity index (χ1n) is 7.38. The van der Waals surface area contributed by atoms with E-state index in [2.05, 4.69) is 10.3 Å². The Bertz CT molecular complexity index is 489. The van der Waals surface area contributed by atoms with Gasteiger partial charge in [-0.1, -0.05) is 23.7 Å². The Hall–Kier alpha value is -1.75. The van der Waals surface area contributed by atoms with Crippen molar-refractivity contribution in [1.29, 1.82) is 0 Å². The van der Waals surface area contributed by atoms with Crippen LogP contribution in [0.2, 0.25) is 5.02 Å². The van der Waals surface area contributed by atoms with Gasteiger partial charge >= 0.3 is 5.97 Å². The van der Waals surface area contributed by atoms with Crippen molar-refractivity contribution in [3.8, 4) is 0 Å². The molecular formula is C16H24ClN3O2. The van der Waals surface area contributed by atoms with Gasteiger partial charge in [-0.15, -0.1) is 0 Å². The fraction of sp³-hybridized carbons (Fsp3) is 0.500. The third-order valence-electron chi connectivity index (χ3n) is 3.05. The molecule has 0 unspecified atom stereocenters. The van der Waals surface area contributed by atoms with Crippen LogP contribution in [-0.2, 0) is 16.1 Å². The maximum Gasteiger partial charge on any atom is 0.305 e. The van der Waals surface area contributed by atoms with Gasteiger partial charge in [-0.05, 0) is 31.0 Å². The zero-order valence-electron chi connectivity index (χ0n) is 13.4. The smallest absolute Gasteiger partial charge is 0.305 e. The first-order chi connectivity index (χ1) is 10.6. The molecule has 0 aliphatic rings. The largest absolute Gasteiger partial charge is 0.466 e. The monoisotopic (exact) mass is 325 g/mol. The summed E-state index contributed by atoms with van der Waals surface area (Å²) < 4.78 is 4.89. The fourth-order valence-corrected chi connectivity index (χ4v) is 2.12. The molecule has 0 atom stereocenters. The number of benzene rings is 1. The molecule has 1 N–H and O–H groups in total. The van der Waals surface area contributed by atoms with Crippen molar-refractivity contribution >= 4 is 23.5 Å². The Balaban J connectivity index is 2.37. The molecule has 0 saturated heterocycles. The number of nitrogens with one attached hydrogen (secondary N) is 1. The number of carbonyl (C=O) groups excluding carboxylic acids is 1. The Kier molecular flexibility index (Phi) is 8.36. The summed E-state index contributed by atoms with van der Waals surface area (Å²) in [6, 6.07) is 7.74. The molecule has 0 aromatic heterocycles. The number of hydrogen-bond acceptors (Lipinski definition) is 3. The Labute approximate surface area is 137 Å². The lowest BCUT2D eigenvalue weighted by Crippen LogP contribution is -2.39. The molecule has 0 saturated carbocycles. The zero-order chi connectivity index (χ0) is 16.4. The SMILES string of the molecule is CCOC(=O)CCCNC(=NC)N(C)Cc1ccc(Cl)cc1. The molecule has 1 aromatic carbocycles. The van der Waals surface area contributed by atoms with Crippen LogP contribution < -0.4 is 5.32 Å². The first kappa shape index (κ1) is 18.3. The summed E-state index contributed by atoms with van der Waals surface area (Å²) in [5.74, 6) is 0.632. The van der Waals surface area contributed by atoms with Crippen LogP contribution in [0.25, 0.3) is 0 Å². The summed E-state index contributed by atoms with van der Waals surface area (Å²) in [4.78, 5) is 17.5. The molecule has 0 amide bonds. The highest BCUT2D eigenvalue weighted by atomic mass is 35.5. The highest BCUT2D eigenvalue weighted by Crippen LogP contribution is 2.10. The van der Waals surface area contributed by atoms with Crippen molar-refractivity contribution in [2.24, 2.45) is 4.99 Å². The van der Waals surface area contributed by atoms with E-state index in [0.29, 0.717) is 26.0 Å². The van der Waals surface area contributed by atoms with Gasteiger partial charge in [-0.3, -0.25) is 9.79 Å². The molecule has 0 radical (unpaired) electrons. The van der Waals surface area contributed by atoms with E-state index >= 15 is 0 Å². The Morgan fingerprint density at radius 3 is 2.64 bits per heavy atom. The minimum Gasteiger partial charge on any atom is -0.466 e. The molecule has 6 heteroatoms. The van der Waals surface area contributed by atoms with E-state index in [4.69, 9.17) is 16.3 Å². The summed E-state index contributed by atoms with van der Waals surface area (Å²) in [7, 11) is 3.71. The highest BCUT2D eigenvalue weighted by molar-refractivity contribution is 6.30. The first-order valence-corrected chi connectivity index (χ1v) is 7.76. The quantitative estimate of drug-likeness (QED) is 0.362. The van der Waals surface area contributed by atoms with Crippen molar-refractivity contribution in [3.05, 3.63) is 34.9 Å². The van der Waals surface area contributed by atoms with Gasteiger partial charge in [0.2, 0.25) is 0 Å². The van der Waals surface area contributed by atoms with Gasteiger partial charge < -0.3 is 15.0 Å². The van der Waals surface area contributed by atoms with Crippen LogP contribution in [-0.4, -0.2) is 44.1 Å². The topological polar surface area (TPSA) is 53.9 Å². The minimum absolute atomic E-state index is 0.159. The number of ether oxygens (including phenoxy) is 1. The lowest BCUT2D eigenvalue weighted by atomic mass is 10.2. The number of carbonyl (C=O) groups is 1. The van der Waals surface area contributed by atoms with Gasteiger partial charge in [0.15, 0.2) is 5.96 Å². The van der Waals surface area contributed by atoms with E-state index in [1.165, 1.54) is 0 Å². The van der Waals surface area contributed by atoms with Crippen LogP contribution in [0.3, 0.4) is 0 Å². The molecule has 0 heterocycles. The molecule has 122 valence electrons. The van der Waals surface area contributed by atoms with Gasteiger partial charge in [-0.2, -0.15) is 0 Å². The standard InChI is InChI=1S/C16H24ClN3O2/c1-4-22-15(21)6-5-11-19-16(18-2)20(3)12-13-7-9-14(17)10-8-13/h7-10H,4-6,11-12H2,1-3H3,(H,18,19). The maximum atomic E-state index is 11.3. The maximum absolute atomic E-state index is 11.3. The van der Waals surface area contributed by atoms with E-state index in [1.807, 2.05) is 43.1 Å². The summed E-state index contributed by atoms with van der Waals surface area (Å²) in [6.07, 6.45) is 1.13. The van der Waals surface area contributed by atoms with Crippen LogP contribution in [0.5, 0.6) is 0 Å². The van der Waals surface area contributed by atoms with Crippen molar-refractivity contribution < 1.29 is 9.53 Å². The van der Waals surface area contributed by atoms with Crippen LogP contribution in [0.15, 0.2) is 29.3 Å². The van der Waals surface area contributed by atoms with E-state index < -0.39 is 0 Å². The van der Waals surface area contributed by atoms with Gasteiger partial charge in [0.05, 0.1) is 6.61 Å². The van der Waals surface area contributed by atoms with E-state index in [0.717, 1.165) is 23.1 Å². The molecule has 0 bridgehead atoms. The van der Waals surface area contributed by atoms with E-state index in [1.54, 1.807) is 7.05 Å². The molecular weight excluding hydrogens is 302 g/mol. The van der Waals surface area contributed by atoms with E-state index in [-0.39, 0.29) is 5.97 Å². The summed E-state index contributed by atoms with van der Waals surface area (Å²) in [6.45, 7) is 3.65. The number of esters is 1. The van der Waals surface area contributed by atoms with Gasteiger partial charge in [0.1, 0.15) is 0 Å². The van der Waals surface area contributed by atoms with Crippen molar-refractivity contribution in [1.82, 2.24) is 10.2 Å². The van der Waals surface area contributed by atoms with Crippen LogP contribution in [0, 0.1) is 0 Å². The Morgan fingerprint density at radius 1 is 1.36 bits per heavy atom. The molecule has 0 spiro atoms. The normalized spacial score (nSPS) is 11.2. The van der Waals surface area contributed by atoms with E-state index in [9.17, 15) is 4.79 Å². The number of rotatable bonds is 7. The molecule has 0 fully saturated rings. The number of halogens is 1. The van der Waals surface area contributed by atoms with Crippen molar-refractivity contribution in [2.75, 3.05) is 27.2 Å². The summed E-state index contributed by atoms with van der Waals surface area (Å²) >= 11 is 5.88. The predicted octanol–water partition coefficient (Wildman–Crippen LogP) is 2.69. The second kappa shape index (κ2) is 10.1. The van der Waals surface area contributed by atoms with Gasteiger partial charge in [-0.25, -0.2) is 0 Å². The molecule has 1 aromatic rings. The summed E-state index contributed by atoms with van der Waals surface area (Å²) in [5.41, 5.74) is 1.15. The minimum atomic E-state index is -0.159. The third kappa shape index (κ3) is 6.80. The molecule has 5 nitrogen and oxygen atoms in total. The second-order valence-electron chi connectivity index (χ2n) is 4.87. The van der Waals surface area contributed by atoms with Crippen molar-refractivity contribution in [2.45, 2.75) is 26.3 Å². The second-order valence-corrected chi connectivity index (χ2v) is 5.30. The third-order valence-corrected chi connectivity index (χ3v) is 3.30.